The zero-order valence-electron chi connectivity index (χ0n) is 15.1. The summed E-state index contributed by atoms with van der Waals surface area (Å²) in [4.78, 5) is 12.5. The van der Waals surface area contributed by atoms with Gasteiger partial charge in [-0.3, -0.25) is 9.52 Å². The molecule has 6 nitrogen and oxygen atoms in total. The fourth-order valence-corrected chi connectivity index (χ4v) is 3.74. The molecule has 0 saturated heterocycles. The van der Waals surface area contributed by atoms with Crippen LogP contribution in [0, 0.1) is 5.82 Å². The molecule has 0 aliphatic heterocycles. The number of anilines is 2. The summed E-state index contributed by atoms with van der Waals surface area (Å²) >= 11 is 5.94. The van der Waals surface area contributed by atoms with E-state index in [1.165, 1.54) is 49.6 Å². The van der Waals surface area contributed by atoms with Crippen LogP contribution in [0.5, 0.6) is 5.75 Å². The van der Waals surface area contributed by atoms with Crippen molar-refractivity contribution in [1.29, 1.82) is 0 Å². The molecule has 0 unspecified atom stereocenters. The first-order valence-corrected chi connectivity index (χ1v) is 10.2. The smallest absolute Gasteiger partial charge is 0.261 e. The quantitative estimate of drug-likeness (QED) is 0.596. The van der Waals surface area contributed by atoms with Gasteiger partial charge in [0.25, 0.3) is 15.9 Å². The Morgan fingerprint density at radius 2 is 1.59 bits per heavy atom. The van der Waals surface area contributed by atoms with Gasteiger partial charge in [0.05, 0.1) is 17.6 Å². The first-order valence-electron chi connectivity index (χ1n) is 8.32. The Labute approximate surface area is 172 Å². The average molecular weight is 435 g/mol. The van der Waals surface area contributed by atoms with Gasteiger partial charge in [-0.2, -0.15) is 0 Å². The molecule has 0 saturated carbocycles. The molecular formula is C20H16ClFN2O4S. The third kappa shape index (κ3) is 5.04. The van der Waals surface area contributed by atoms with E-state index in [9.17, 15) is 17.6 Å². The van der Waals surface area contributed by atoms with Crippen LogP contribution < -0.4 is 14.8 Å². The summed E-state index contributed by atoms with van der Waals surface area (Å²) in [6.07, 6.45) is 0. The lowest BCUT2D eigenvalue weighted by Gasteiger charge is -2.11. The zero-order chi connectivity index (χ0) is 21.0. The standard InChI is InChI=1S/C20H16ClFN2O4S/c1-28-19-11-2-13(21)12-18(19)20(25)23-15-7-9-17(10-8-15)29(26,27)24-16-5-3-14(22)4-6-16/h2-12,24H,1H3,(H,23,25). The van der Waals surface area contributed by atoms with E-state index in [2.05, 4.69) is 10.0 Å². The van der Waals surface area contributed by atoms with E-state index in [1.807, 2.05) is 0 Å². The Kier molecular flexibility index (Phi) is 6.05. The molecule has 0 atom stereocenters. The predicted molar refractivity (Wildman–Crippen MR) is 110 cm³/mol. The highest BCUT2D eigenvalue weighted by molar-refractivity contribution is 7.92. The van der Waals surface area contributed by atoms with Gasteiger partial charge in [0.1, 0.15) is 11.6 Å². The van der Waals surface area contributed by atoms with E-state index in [-0.39, 0.29) is 16.1 Å². The summed E-state index contributed by atoms with van der Waals surface area (Å²) in [6.45, 7) is 0. The zero-order valence-corrected chi connectivity index (χ0v) is 16.7. The van der Waals surface area contributed by atoms with Crippen LogP contribution in [-0.4, -0.2) is 21.4 Å². The number of amides is 1. The summed E-state index contributed by atoms with van der Waals surface area (Å²) in [6, 6.07) is 15.2. The number of ether oxygens (including phenoxy) is 1. The second-order valence-corrected chi connectivity index (χ2v) is 8.05. The van der Waals surface area contributed by atoms with Crippen LogP contribution in [-0.2, 0) is 10.0 Å². The third-order valence-electron chi connectivity index (χ3n) is 3.93. The Bertz CT molecular complexity index is 1130. The van der Waals surface area contributed by atoms with Crippen molar-refractivity contribution in [2.24, 2.45) is 0 Å². The van der Waals surface area contributed by atoms with Crippen LogP contribution in [0.1, 0.15) is 10.4 Å². The second kappa shape index (κ2) is 8.50. The van der Waals surface area contributed by atoms with Gasteiger partial charge in [-0.25, -0.2) is 12.8 Å². The number of halogens is 2. The first-order chi connectivity index (χ1) is 13.8. The Morgan fingerprint density at radius 3 is 2.21 bits per heavy atom. The lowest BCUT2D eigenvalue weighted by Crippen LogP contribution is -2.14. The molecule has 0 aromatic heterocycles. The summed E-state index contributed by atoms with van der Waals surface area (Å²) in [7, 11) is -2.42. The molecule has 3 rings (SSSR count). The Balaban J connectivity index is 1.75. The van der Waals surface area contributed by atoms with E-state index >= 15 is 0 Å². The summed E-state index contributed by atoms with van der Waals surface area (Å²) < 4.78 is 45.3. The van der Waals surface area contributed by atoms with Gasteiger partial charge in [0.15, 0.2) is 0 Å². The molecule has 3 aromatic carbocycles. The van der Waals surface area contributed by atoms with Gasteiger partial charge in [0, 0.05) is 16.4 Å². The van der Waals surface area contributed by atoms with E-state index < -0.39 is 21.7 Å². The summed E-state index contributed by atoms with van der Waals surface area (Å²) in [5, 5.41) is 3.04. The van der Waals surface area contributed by atoms with Crippen molar-refractivity contribution < 1.29 is 22.3 Å². The molecule has 0 fully saturated rings. The predicted octanol–water partition coefficient (Wildman–Crippen LogP) is 4.54. The number of hydrogen-bond donors (Lipinski definition) is 2. The molecule has 9 heteroatoms. The lowest BCUT2D eigenvalue weighted by atomic mass is 10.2. The number of hydrogen-bond acceptors (Lipinski definition) is 4. The van der Waals surface area contributed by atoms with Gasteiger partial charge in [-0.15, -0.1) is 0 Å². The number of sulfonamides is 1. The molecule has 29 heavy (non-hydrogen) atoms. The number of rotatable bonds is 6. The highest BCUT2D eigenvalue weighted by atomic mass is 35.5. The number of carbonyl (C=O) groups excluding carboxylic acids is 1. The SMILES string of the molecule is COc1ccc(Cl)cc1C(=O)Nc1ccc(S(=O)(=O)Nc2ccc(F)cc2)cc1. The maximum absolute atomic E-state index is 13.0. The largest absolute Gasteiger partial charge is 0.496 e. The van der Waals surface area contributed by atoms with Crippen molar-refractivity contribution in [3.05, 3.63) is 83.1 Å². The van der Waals surface area contributed by atoms with Crippen molar-refractivity contribution in [3.63, 3.8) is 0 Å². The molecule has 0 aliphatic carbocycles. The number of nitrogens with one attached hydrogen (secondary N) is 2. The normalized spacial score (nSPS) is 11.0. The van der Waals surface area contributed by atoms with Gasteiger partial charge >= 0.3 is 0 Å². The molecule has 0 spiro atoms. The van der Waals surface area contributed by atoms with Crippen LogP contribution in [0.2, 0.25) is 5.02 Å². The summed E-state index contributed by atoms with van der Waals surface area (Å²) in [5.41, 5.74) is 0.865. The molecule has 0 aliphatic rings. The minimum atomic E-state index is -3.86. The molecule has 0 heterocycles. The maximum atomic E-state index is 13.0. The molecule has 0 bridgehead atoms. The maximum Gasteiger partial charge on any atom is 0.261 e. The minimum absolute atomic E-state index is 0.0137. The Morgan fingerprint density at radius 1 is 0.966 bits per heavy atom. The van der Waals surface area contributed by atoms with Crippen LogP contribution in [0.3, 0.4) is 0 Å². The minimum Gasteiger partial charge on any atom is -0.496 e. The van der Waals surface area contributed by atoms with E-state index in [0.717, 1.165) is 12.1 Å². The van der Waals surface area contributed by atoms with Crippen molar-refractivity contribution in [2.45, 2.75) is 4.90 Å². The first kappa shape index (κ1) is 20.6. The van der Waals surface area contributed by atoms with Gasteiger partial charge in [-0.1, -0.05) is 11.6 Å². The molecule has 3 aromatic rings. The van der Waals surface area contributed by atoms with E-state index in [0.29, 0.717) is 16.5 Å². The monoisotopic (exact) mass is 434 g/mol. The van der Waals surface area contributed by atoms with Crippen molar-refractivity contribution in [3.8, 4) is 5.75 Å². The lowest BCUT2D eigenvalue weighted by molar-refractivity contribution is 0.102. The molecule has 2 N–H and O–H groups in total. The summed E-state index contributed by atoms with van der Waals surface area (Å²) in [5.74, 6) is -0.566. The van der Waals surface area contributed by atoms with Crippen LogP contribution in [0.4, 0.5) is 15.8 Å². The molecule has 1 amide bonds. The van der Waals surface area contributed by atoms with Crippen molar-refractivity contribution >= 4 is 38.9 Å². The van der Waals surface area contributed by atoms with Crippen LogP contribution in [0.15, 0.2) is 71.6 Å². The van der Waals surface area contributed by atoms with Gasteiger partial charge in [-0.05, 0) is 66.7 Å². The number of carbonyl (C=O) groups is 1. The highest BCUT2D eigenvalue weighted by Crippen LogP contribution is 2.24. The van der Waals surface area contributed by atoms with Crippen molar-refractivity contribution in [1.82, 2.24) is 0 Å². The second-order valence-electron chi connectivity index (χ2n) is 5.94. The van der Waals surface area contributed by atoms with E-state index in [4.69, 9.17) is 16.3 Å². The van der Waals surface area contributed by atoms with Crippen LogP contribution in [0.25, 0.3) is 0 Å². The molecule has 150 valence electrons. The molecule has 0 radical (unpaired) electrons. The van der Waals surface area contributed by atoms with Crippen molar-refractivity contribution in [2.75, 3.05) is 17.1 Å². The van der Waals surface area contributed by atoms with E-state index in [1.54, 1.807) is 12.1 Å². The highest BCUT2D eigenvalue weighted by Gasteiger charge is 2.16. The van der Waals surface area contributed by atoms with Gasteiger partial charge < -0.3 is 10.1 Å². The van der Waals surface area contributed by atoms with Crippen LogP contribution >= 0.6 is 11.6 Å². The Hall–Kier alpha value is -3.10. The van der Waals surface area contributed by atoms with Gasteiger partial charge in [0.2, 0.25) is 0 Å². The topological polar surface area (TPSA) is 84.5 Å². The number of methoxy groups -OCH3 is 1. The number of benzene rings is 3. The fraction of sp³-hybridized carbons (Fsp3) is 0.0500. The third-order valence-corrected chi connectivity index (χ3v) is 5.56. The fourth-order valence-electron chi connectivity index (χ4n) is 2.51. The average Bonchev–Trinajstić information content (AvgIpc) is 2.70. The molecular weight excluding hydrogens is 419 g/mol.